The van der Waals surface area contributed by atoms with Crippen LogP contribution in [0.4, 0.5) is 0 Å². The molecule has 1 N–H and O–H groups in total. The predicted molar refractivity (Wildman–Crippen MR) is 71.1 cm³/mol. The Balaban J connectivity index is 2.57. The van der Waals surface area contributed by atoms with Gasteiger partial charge in [0, 0.05) is 18.9 Å². The smallest absolute Gasteiger partial charge is 0.323 e. The molecule has 4 nitrogen and oxygen atoms in total. The number of pyridine rings is 1. The highest BCUT2D eigenvalue weighted by Gasteiger charge is 2.18. The topological polar surface area (TPSA) is 51.2 Å². The Labute approximate surface area is 109 Å². The fourth-order valence-electron chi connectivity index (χ4n) is 1.75. The first kappa shape index (κ1) is 14.6. The molecule has 100 valence electrons. The van der Waals surface area contributed by atoms with Gasteiger partial charge in [-0.15, -0.1) is 0 Å². The van der Waals surface area contributed by atoms with Crippen molar-refractivity contribution in [3.8, 4) is 0 Å². The minimum Gasteiger partial charge on any atom is -0.465 e. The van der Waals surface area contributed by atoms with Gasteiger partial charge in [0.2, 0.25) is 0 Å². The van der Waals surface area contributed by atoms with Crippen LogP contribution in [-0.2, 0) is 16.1 Å². The fraction of sp³-hybridized carbons (Fsp3) is 0.571. The highest BCUT2D eigenvalue weighted by atomic mass is 16.5. The number of esters is 1. The van der Waals surface area contributed by atoms with Gasteiger partial charge in [0.1, 0.15) is 6.04 Å². The van der Waals surface area contributed by atoms with E-state index in [0.29, 0.717) is 13.2 Å². The van der Waals surface area contributed by atoms with Crippen molar-refractivity contribution in [2.24, 2.45) is 0 Å². The van der Waals surface area contributed by atoms with Crippen molar-refractivity contribution >= 4 is 5.97 Å². The van der Waals surface area contributed by atoms with E-state index in [9.17, 15) is 4.79 Å². The van der Waals surface area contributed by atoms with Crippen molar-refractivity contribution in [1.29, 1.82) is 0 Å². The molecule has 0 aliphatic rings. The lowest BCUT2D eigenvalue weighted by molar-refractivity contribution is -0.145. The van der Waals surface area contributed by atoms with Crippen LogP contribution in [0.5, 0.6) is 0 Å². The molecule has 1 unspecified atom stereocenters. The molecule has 0 saturated heterocycles. The SMILES string of the molecule is CCCC(NCc1cnccc1C)C(=O)OCC. The average molecular weight is 250 g/mol. The Morgan fingerprint density at radius 3 is 2.89 bits per heavy atom. The van der Waals surface area contributed by atoms with E-state index in [1.54, 1.807) is 6.20 Å². The van der Waals surface area contributed by atoms with E-state index in [1.165, 1.54) is 5.56 Å². The predicted octanol–water partition coefficient (Wildman–Crippen LogP) is 2.21. The third-order valence-corrected chi connectivity index (χ3v) is 2.83. The van der Waals surface area contributed by atoms with E-state index < -0.39 is 0 Å². The van der Waals surface area contributed by atoms with Crippen LogP contribution in [0.1, 0.15) is 37.8 Å². The van der Waals surface area contributed by atoms with Gasteiger partial charge < -0.3 is 10.1 Å². The van der Waals surface area contributed by atoms with Crippen LogP contribution in [0, 0.1) is 6.92 Å². The molecule has 1 aromatic heterocycles. The summed E-state index contributed by atoms with van der Waals surface area (Å²) in [5.41, 5.74) is 2.29. The van der Waals surface area contributed by atoms with E-state index in [4.69, 9.17) is 4.74 Å². The summed E-state index contributed by atoms with van der Waals surface area (Å²) in [7, 11) is 0. The zero-order valence-corrected chi connectivity index (χ0v) is 11.4. The van der Waals surface area contributed by atoms with Crippen molar-refractivity contribution in [2.75, 3.05) is 6.61 Å². The molecule has 0 aliphatic carbocycles. The summed E-state index contributed by atoms with van der Waals surface area (Å²) in [6.07, 6.45) is 5.34. The third kappa shape index (κ3) is 4.45. The quantitative estimate of drug-likeness (QED) is 0.754. The number of nitrogens with one attached hydrogen (secondary N) is 1. The molecule has 1 aromatic rings. The molecule has 4 heteroatoms. The van der Waals surface area contributed by atoms with Crippen molar-refractivity contribution < 1.29 is 9.53 Å². The molecule has 0 aromatic carbocycles. The van der Waals surface area contributed by atoms with E-state index in [-0.39, 0.29) is 12.0 Å². The number of hydrogen-bond donors (Lipinski definition) is 1. The summed E-state index contributed by atoms with van der Waals surface area (Å²) in [5, 5.41) is 3.25. The zero-order valence-electron chi connectivity index (χ0n) is 11.4. The molecule has 0 aliphatic heterocycles. The van der Waals surface area contributed by atoms with Crippen molar-refractivity contribution in [3.63, 3.8) is 0 Å². The van der Waals surface area contributed by atoms with Gasteiger partial charge in [0.25, 0.3) is 0 Å². The fourth-order valence-corrected chi connectivity index (χ4v) is 1.75. The number of ether oxygens (including phenoxy) is 1. The Hall–Kier alpha value is -1.42. The minimum absolute atomic E-state index is 0.166. The maximum Gasteiger partial charge on any atom is 0.323 e. The minimum atomic E-state index is -0.227. The van der Waals surface area contributed by atoms with Crippen molar-refractivity contribution in [1.82, 2.24) is 10.3 Å². The standard InChI is InChI=1S/C14H22N2O2/c1-4-6-13(14(17)18-5-2)16-10-12-9-15-8-7-11(12)3/h7-9,13,16H,4-6,10H2,1-3H3. The molecule has 0 fully saturated rings. The van der Waals surface area contributed by atoms with Crippen LogP contribution >= 0.6 is 0 Å². The van der Waals surface area contributed by atoms with Crippen LogP contribution in [0.2, 0.25) is 0 Å². The second-order valence-corrected chi connectivity index (χ2v) is 4.28. The second kappa shape index (κ2) is 7.82. The van der Waals surface area contributed by atoms with Crippen molar-refractivity contribution in [3.05, 3.63) is 29.6 Å². The maximum atomic E-state index is 11.7. The highest BCUT2D eigenvalue weighted by Crippen LogP contribution is 2.06. The van der Waals surface area contributed by atoms with Gasteiger partial charge in [0.05, 0.1) is 6.61 Å². The normalized spacial score (nSPS) is 12.2. The summed E-state index contributed by atoms with van der Waals surface area (Å²) in [5.74, 6) is -0.166. The lowest BCUT2D eigenvalue weighted by Gasteiger charge is -2.17. The second-order valence-electron chi connectivity index (χ2n) is 4.28. The van der Waals surface area contributed by atoms with E-state index in [1.807, 2.05) is 26.1 Å². The first-order chi connectivity index (χ1) is 8.69. The van der Waals surface area contributed by atoms with Gasteiger partial charge in [-0.05, 0) is 37.5 Å². The third-order valence-electron chi connectivity index (χ3n) is 2.83. The Morgan fingerprint density at radius 1 is 1.50 bits per heavy atom. The van der Waals surface area contributed by atoms with Gasteiger partial charge in [-0.3, -0.25) is 9.78 Å². The molecule has 1 atom stereocenters. The number of carbonyl (C=O) groups is 1. The number of carbonyl (C=O) groups excluding carboxylic acids is 1. The molecule has 0 amide bonds. The van der Waals surface area contributed by atoms with Crippen LogP contribution in [-0.4, -0.2) is 23.6 Å². The van der Waals surface area contributed by atoms with E-state index in [0.717, 1.165) is 18.4 Å². The summed E-state index contributed by atoms with van der Waals surface area (Å²) in [6, 6.07) is 1.74. The molecule has 0 spiro atoms. The van der Waals surface area contributed by atoms with Crippen LogP contribution in [0.3, 0.4) is 0 Å². The molecule has 1 heterocycles. The average Bonchev–Trinajstić information content (AvgIpc) is 2.36. The first-order valence-corrected chi connectivity index (χ1v) is 6.48. The number of hydrogen-bond acceptors (Lipinski definition) is 4. The summed E-state index contributed by atoms with van der Waals surface area (Å²) >= 11 is 0. The molecule has 0 saturated carbocycles. The molecular formula is C14H22N2O2. The summed E-state index contributed by atoms with van der Waals surface area (Å²) in [4.78, 5) is 15.8. The van der Waals surface area contributed by atoms with Gasteiger partial charge in [-0.1, -0.05) is 13.3 Å². The Kier molecular flexibility index (Phi) is 6.36. The number of aromatic nitrogens is 1. The van der Waals surface area contributed by atoms with Crippen LogP contribution < -0.4 is 5.32 Å². The van der Waals surface area contributed by atoms with Gasteiger partial charge in [0.15, 0.2) is 0 Å². The van der Waals surface area contributed by atoms with Gasteiger partial charge >= 0.3 is 5.97 Å². The van der Waals surface area contributed by atoms with Crippen LogP contribution in [0.15, 0.2) is 18.5 Å². The van der Waals surface area contributed by atoms with Crippen molar-refractivity contribution in [2.45, 2.75) is 46.2 Å². The van der Waals surface area contributed by atoms with Crippen LogP contribution in [0.25, 0.3) is 0 Å². The summed E-state index contributed by atoms with van der Waals surface area (Å²) in [6.45, 7) is 6.99. The summed E-state index contributed by atoms with van der Waals surface area (Å²) < 4.78 is 5.06. The monoisotopic (exact) mass is 250 g/mol. The first-order valence-electron chi connectivity index (χ1n) is 6.48. The molecule has 1 rings (SSSR count). The molecule has 0 bridgehead atoms. The number of rotatable bonds is 7. The lowest BCUT2D eigenvalue weighted by atomic mass is 10.1. The Bertz CT molecular complexity index is 380. The van der Waals surface area contributed by atoms with E-state index >= 15 is 0 Å². The molecule has 18 heavy (non-hydrogen) atoms. The molecular weight excluding hydrogens is 228 g/mol. The van der Waals surface area contributed by atoms with E-state index in [2.05, 4.69) is 17.2 Å². The maximum absolute atomic E-state index is 11.7. The zero-order chi connectivity index (χ0) is 13.4. The Morgan fingerprint density at radius 2 is 2.28 bits per heavy atom. The lowest BCUT2D eigenvalue weighted by Crippen LogP contribution is -2.37. The van der Waals surface area contributed by atoms with Gasteiger partial charge in [-0.2, -0.15) is 0 Å². The van der Waals surface area contributed by atoms with Gasteiger partial charge in [-0.25, -0.2) is 0 Å². The number of nitrogens with zero attached hydrogens (tertiary/aromatic N) is 1. The largest absolute Gasteiger partial charge is 0.465 e. The molecule has 0 radical (unpaired) electrons. The highest BCUT2D eigenvalue weighted by molar-refractivity contribution is 5.75. The number of aryl methyl sites for hydroxylation is 1.